The van der Waals surface area contributed by atoms with Crippen molar-refractivity contribution in [3.8, 4) is 11.1 Å². The second-order valence-corrected chi connectivity index (χ2v) is 6.20. The van der Waals surface area contributed by atoms with E-state index in [1.54, 1.807) is 30.5 Å². The zero-order chi connectivity index (χ0) is 17.9. The minimum atomic E-state index is -0.384. The number of pyridine rings is 3. The molecule has 6 heteroatoms. The van der Waals surface area contributed by atoms with Crippen LogP contribution < -0.4 is 5.32 Å². The number of nitrogens with zero attached hydrogens (tertiary/aromatic N) is 3. The van der Waals surface area contributed by atoms with Gasteiger partial charge in [-0.3, -0.25) is 19.6 Å². The first kappa shape index (κ1) is 16.1. The summed E-state index contributed by atoms with van der Waals surface area (Å²) in [6.07, 6.45) is 6.48. The molecule has 128 valence electrons. The highest BCUT2D eigenvalue weighted by Gasteiger charge is 2.24. The van der Waals surface area contributed by atoms with Crippen LogP contribution in [0.3, 0.4) is 0 Å². The van der Waals surface area contributed by atoms with E-state index in [0.29, 0.717) is 18.0 Å². The van der Waals surface area contributed by atoms with Gasteiger partial charge < -0.3 is 5.32 Å². The maximum atomic E-state index is 12.4. The van der Waals surface area contributed by atoms with Gasteiger partial charge in [-0.2, -0.15) is 0 Å². The van der Waals surface area contributed by atoms with E-state index in [2.05, 4.69) is 20.3 Å². The Morgan fingerprint density at radius 3 is 2.69 bits per heavy atom. The largest absolute Gasteiger partial charge is 0.305 e. The van der Waals surface area contributed by atoms with E-state index in [-0.39, 0.29) is 17.3 Å². The van der Waals surface area contributed by atoms with Crippen LogP contribution in [0.15, 0.2) is 54.9 Å². The van der Waals surface area contributed by atoms with Gasteiger partial charge in [-0.1, -0.05) is 12.1 Å². The summed E-state index contributed by atoms with van der Waals surface area (Å²) in [7, 11) is 0. The summed E-state index contributed by atoms with van der Waals surface area (Å²) in [5.74, 6) is 0.532. The quantitative estimate of drug-likeness (QED) is 0.716. The van der Waals surface area contributed by atoms with Gasteiger partial charge in [0.2, 0.25) is 0 Å². The van der Waals surface area contributed by atoms with Crippen LogP contribution in [0.5, 0.6) is 0 Å². The summed E-state index contributed by atoms with van der Waals surface area (Å²) in [6, 6.07) is 12.5. The van der Waals surface area contributed by atoms with Gasteiger partial charge in [-0.15, -0.1) is 0 Å². The maximum absolute atomic E-state index is 12.4. The molecule has 1 amide bonds. The fraction of sp³-hybridized carbons (Fsp3) is 0.150. The molecule has 1 saturated carbocycles. The molecule has 0 atom stereocenters. The summed E-state index contributed by atoms with van der Waals surface area (Å²) in [5, 5.41) is 2.66. The molecule has 0 radical (unpaired) electrons. The maximum Gasteiger partial charge on any atom is 0.275 e. The van der Waals surface area contributed by atoms with Crippen LogP contribution in [0, 0.1) is 0 Å². The van der Waals surface area contributed by atoms with Crippen LogP contribution in [0.1, 0.15) is 45.4 Å². The molecule has 0 bridgehead atoms. The summed E-state index contributed by atoms with van der Waals surface area (Å²) in [4.78, 5) is 35.9. The predicted octanol–water partition coefficient (Wildman–Crippen LogP) is 3.48. The molecule has 1 aliphatic rings. The third-order valence-corrected chi connectivity index (χ3v) is 4.24. The molecule has 0 aromatic carbocycles. The summed E-state index contributed by atoms with van der Waals surface area (Å²) < 4.78 is 0. The van der Waals surface area contributed by atoms with Crippen LogP contribution in [0.4, 0.5) is 5.82 Å². The van der Waals surface area contributed by atoms with Gasteiger partial charge in [-0.05, 0) is 48.7 Å². The van der Waals surface area contributed by atoms with E-state index in [1.165, 1.54) is 12.8 Å². The molecular formula is C20H16N4O2. The van der Waals surface area contributed by atoms with Gasteiger partial charge in [0.15, 0.2) is 6.29 Å². The molecule has 1 aliphatic carbocycles. The third-order valence-electron chi connectivity index (χ3n) is 4.24. The molecule has 0 saturated heterocycles. The Morgan fingerprint density at radius 2 is 1.96 bits per heavy atom. The lowest BCUT2D eigenvalue weighted by Crippen LogP contribution is -2.15. The van der Waals surface area contributed by atoms with Gasteiger partial charge in [0.1, 0.15) is 17.2 Å². The molecular weight excluding hydrogens is 328 g/mol. The van der Waals surface area contributed by atoms with Gasteiger partial charge in [-0.25, -0.2) is 4.98 Å². The Balaban J connectivity index is 1.54. The second kappa shape index (κ2) is 6.84. The number of hydrogen-bond acceptors (Lipinski definition) is 5. The lowest BCUT2D eigenvalue weighted by Gasteiger charge is -2.07. The lowest BCUT2D eigenvalue weighted by atomic mass is 10.1. The molecule has 0 spiro atoms. The Kier molecular flexibility index (Phi) is 4.23. The number of rotatable bonds is 5. The second-order valence-electron chi connectivity index (χ2n) is 6.20. The zero-order valence-electron chi connectivity index (χ0n) is 13.9. The number of carbonyl (C=O) groups is 2. The smallest absolute Gasteiger partial charge is 0.275 e. The average Bonchev–Trinajstić information content (AvgIpc) is 3.54. The van der Waals surface area contributed by atoms with Crippen LogP contribution in [0.2, 0.25) is 0 Å². The van der Waals surface area contributed by atoms with Gasteiger partial charge in [0.25, 0.3) is 5.91 Å². The van der Waals surface area contributed by atoms with E-state index >= 15 is 0 Å². The molecule has 3 heterocycles. The molecule has 26 heavy (non-hydrogen) atoms. The highest BCUT2D eigenvalue weighted by atomic mass is 16.2. The highest BCUT2D eigenvalue weighted by molar-refractivity contribution is 6.03. The fourth-order valence-corrected chi connectivity index (χ4v) is 2.70. The molecule has 0 aliphatic heterocycles. The monoisotopic (exact) mass is 344 g/mol. The van der Waals surface area contributed by atoms with Crippen molar-refractivity contribution in [3.63, 3.8) is 0 Å². The minimum Gasteiger partial charge on any atom is -0.305 e. The topological polar surface area (TPSA) is 84.8 Å². The first-order valence-corrected chi connectivity index (χ1v) is 8.39. The summed E-state index contributed by atoms with van der Waals surface area (Å²) >= 11 is 0. The minimum absolute atomic E-state index is 0.256. The van der Waals surface area contributed by atoms with Crippen molar-refractivity contribution in [1.29, 1.82) is 0 Å². The average molecular weight is 344 g/mol. The number of aromatic nitrogens is 3. The Hall–Kier alpha value is -3.41. The molecule has 1 N–H and O–H groups in total. The van der Waals surface area contributed by atoms with Crippen molar-refractivity contribution in [2.75, 3.05) is 5.32 Å². The van der Waals surface area contributed by atoms with Crippen LogP contribution in [-0.4, -0.2) is 27.1 Å². The number of carbonyl (C=O) groups excluding carboxylic acids is 2. The van der Waals surface area contributed by atoms with E-state index in [4.69, 9.17) is 0 Å². The van der Waals surface area contributed by atoms with Crippen molar-refractivity contribution >= 4 is 18.0 Å². The number of nitrogens with one attached hydrogen (secondary N) is 1. The van der Waals surface area contributed by atoms with E-state index in [1.807, 2.05) is 24.4 Å². The molecule has 6 nitrogen and oxygen atoms in total. The number of hydrogen-bond donors (Lipinski definition) is 1. The van der Waals surface area contributed by atoms with E-state index < -0.39 is 0 Å². The predicted molar refractivity (Wildman–Crippen MR) is 97.0 cm³/mol. The first-order chi connectivity index (χ1) is 12.7. The van der Waals surface area contributed by atoms with Crippen molar-refractivity contribution in [3.05, 3.63) is 71.9 Å². The van der Waals surface area contributed by atoms with Gasteiger partial charge in [0.05, 0.1) is 0 Å². The Bertz CT molecular complexity index is 966. The van der Waals surface area contributed by atoms with Crippen molar-refractivity contribution in [1.82, 2.24) is 15.0 Å². The number of amides is 1. The molecule has 3 aromatic heterocycles. The summed E-state index contributed by atoms with van der Waals surface area (Å²) in [5.41, 5.74) is 3.46. The summed E-state index contributed by atoms with van der Waals surface area (Å²) in [6.45, 7) is 0. The normalized spacial score (nSPS) is 13.2. The fourth-order valence-electron chi connectivity index (χ4n) is 2.70. The van der Waals surface area contributed by atoms with Gasteiger partial charge >= 0.3 is 0 Å². The number of aldehydes is 1. The SMILES string of the molecule is O=Cc1cccc(NC(=O)c2cc(-c3ccc(C4CC4)nc3)ccn2)n1. The van der Waals surface area contributed by atoms with E-state index in [0.717, 1.165) is 16.8 Å². The van der Waals surface area contributed by atoms with Crippen molar-refractivity contribution in [2.24, 2.45) is 0 Å². The third kappa shape index (κ3) is 3.49. The Labute approximate surface area is 150 Å². The lowest BCUT2D eigenvalue weighted by molar-refractivity contribution is 0.102. The number of anilines is 1. The van der Waals surface area contributed by atoms with Crippen molar-refractivity contribution in [2.45, 2.75) is 18.8 Å². The highest BCUT2D eigenvalue weighted by Crippen LogP contribution is 2.39. The van der Waals surface area contributed by atoms with Crippen molar-refractivity contribution < 1.29 is 9.59 Å². The molecule has 0 unspecified atom stereocenters. The standard InChI is InChI=1S/C20H16N4O2/c25-12-16-2-1-3-19(23-16)24-20(26)18-10-14(8-9-21-18)15-6-7-17(22-11-15)13-4-5-13/h1-3,6-13H,4-5H2,(H,23,24,26). The zero-order valence-corrected chi connectivity index (χ0v) is 13.9. The van der Waals surface area contributed by atoms with Crippen LogP contribution >= 0.6 is 0 Å². The van der Waals surface area contributed by atoms with E-state index in [9.17, 15) is 9.59 Å². The van der Waals surface area contributed by atoms with Crippen LogP contribution in [0.25, 0.3) is 11.1 Å². The molecule has 3 aromatic rings. The first-order valence-electron chi connectivity index (χ1n) is 8.39. The molecule has 4 rings (SSSR count). The molecule has 1 fully saturated rings. The Morgan fingerprint density at radius 1 is 1.08 bits per heavy atom. The van der Waals surface area contributed by atoms with Crippen LogP contribution in [-0.2, 0) is 0 Å². The van der Waals surface area contributed by atoms with Gasteiger partial charge in [0, 0.05) is 29.6 Å².